The summed E-state index contributed by atoms with van der Waals surface area (Å²) in [7, 11) is 0. The number of unbranched alkanes of at least 4 members (excludes halogenated alkanes) is 1. The number of epoxide rings is 1. The fraction of sp³-hybridized carbons (Fsp3) is 0.909. The molecule has 0 bridgehead atoms. The van der Waals surface area contributed by atoms with Gasteiger partial charge in [0, 0.05) is 0 Å². The van der Waals surface area contributed by atoms with Crippen LogP contribution in [0.5, 0.6) is 0 Å². The van der Waals surface area contributed by atoms with Crippen LogP contribution < -0.4 is 0 Å². The van der Waals surface area contributed by atoms with Crippen molar-refractivity contribution in [2.45, 2.75) is 52.7 Å². The van der Waals surface area contributed by atoms with Crippen molar-refractivity contribution >= 4 is 5.97 Å². The van der Waals surface area contributed by atoms with E-state index in [1.165, 1.54) is 0 Å². The number of carbonyl (C=O) groups is 1. The average Bonchev–Trinajstić information content (AvgIpc) is 2.81. The van der Waals surface area contributed by atoms with Crippen LogP contribution in [0.4, 0.5) is 0 Å². The lowest BCUT2D eigenvalue weighted by atomic mass is 9.90. The first-order valence-electron chi connectivity index (χ1n) is 5.29. The average molecular weight is 200 g/mol. The van der Waals surface area contributed by atoms with Gasteiger partial charge in [0.25, 0.3) is 0 Å². The summed E-state index contributed by atoms with van der Waals surface area (Å²) in [6.07, 6.45) is 1.70. The van der Waals surface area contributed by atoms with Crippen LogP contribution in [0.1, 0.15) is 40.5 Å². The highest BCUT2D eigenvalue weighted by molar-refractivity contribution is 5.78. The molecule has 1 aliphatic heterocycles. The number of hydrogen-bond acceptors (Lipinski definition) is 3. The molecule has 0 aromatic rings. The van der Waals surface area contributed by atoms with Gasteiger partial charge in [0.15, 0.2) is 6.10 Å². The highest BCUT2D eigenvalue weighted by Crippen LogP contribution is 2.38. The monoisotopic (exact) mass is 200 g/mol. The maximum atomic E-state index is 11.4. The summed E-state index contributed by atoms with van der Waals surface area (Å²) in [5.74, 6) is -0.196. The van der Waals surface area contributed by atoms with Crippen molar-refractivity contribution in [1.82, 2.24) is 0 Å². The van der Waals surface area contributed by atoms with Crippen LogP contribution in [0.2, 0.25) is 0 Å². The number of hydrogen-bond donors (Lipinski definition) is 0. The second-order valence-corrected chi connectivity index (χ2v) is 4.86. The Balaban J connectivity index is 2.23. The zero-order chi connectivity index (χ0) is 10.8. The van der Waals surface area contributed by atoms with Gasteiger partial charge in [-0.2, -0.15) is 0 Å². The lowest BCUT2D eigenvalue weighted by Gasteiger charge is -2.13. The fourth-order valence-corrected chi connectivity index (χ4v) is 1.35. The van der Waals surface area contributed by atoms with E-state index >= 15 is 0 Å². The summed E-state index contributed by atoms with van der Waals surface area (Å²) in [4.78, 5) is 11.4. The van der Waals surface area contributed by atoms with Crippen LogP contribution in [0.3, 0.4) is 0 Å². The van der Waals surface area contributed by atoms with Gasteiger partial charge >= 0.3 is 5.97 Å². The number of ether oxygens (including phenoxy) is 2. The Bertz CT molecular complexity index is 205. The Morgan fingerprint density at radius 1 is 1.43 bits per heavy atom. The maximum Gasteiger partial charge on any atom is 0.338 e. The standard InChI is InChI=1S/C11H20O3/c1-5-6-7-13-10(12)8-9(14-8)11(2,3)4/h8-9H,5-7H2,1-4H3/t8-,9-/m0/s1. The fourth-order valence-electron chi connectivity index (χ4n) is 1.35. The Labute approximate surface area is 85.8 Å². The molecule has 14 heavy (non-hydrogen) atoms. The molecule has 1 aliphatic rings. The van der Waals surface area contributed by atoms with E-state index in [1.54, 1.807) is 0 Å². The van der Waals surface area contributed by atoms with Crippen LogP contribution >= 0.6 is 0 Å². The van der Waals surface area contributed by atoms with Crippen molar-refractivity contribution in [3.63, 3.8) is 0 Å². The molecule has 2 atom stereocenters. The Kier molecular flexibility index (Phi) is 3.53. The van der Waals surface area contributed by atoms with E-state index in [-0.39, 0.29) is 23.6 Å². The van der Waals surface area contributed by atoms with Crippen LogP contribution in [0.25, 0.3) is 0 Å². The van der Waals surface area contributed by atoms with Gasteiger partial charge < -0.3 is 9.47 Å². The van der Waals surface area contributed by atoms with Gasteiger partial charge in [-0.05, 0) is 11.8 Å². The molecule has 0 saturated carbocycles. The molecule has 0 N–H and O–H groups in total. The highest BCUT2D eigenvalue weighted by Gasteiger charge is 2.52. The predicted octanol–water partition coefficient (Wildman–Crippen LogP) is 2.14. The van der Waals surface area contributed by atoms with E-state index in [2.05, 4.69) is 27.7 Å². The summed E-state index contributed by atoms with van der Waals surface area (Å²) in [6.45, 7) is 8.79. The normalized spacial score (nSPS) is 26.0. The minimum atomic E-state index is -0.313. The maximum absolute atomic E-state index is 11.4. The summed E-state index contributed by atoms with van der Waals surface area (Å²) in [5, 5.41) is 0. The molecule has 0 amide bonds. The first-order valence-corrected chi connectivity index (χ1v) is 5.29. The summed E-state index contributed by atoms with van der Waals surface area (Å²) in [6, 6.07) is 0. The molecular formula is C11H20O3. The van der Waals surface area contributed by atoms with Crippen LogP contribution in [-0.2, 0) is 14.3 Å². The molecule has 0 aromatic carbocycles. The molecule has 0 aliphatic carbocycles. The molecule has 1 fully saturated rings. The van der Waals surface area contributed by atoms with Gasteiger partial charge in [-0.3, -0.25) is 0 Å². The second-order valence-electron chi connectivity index (χ2n) is 4.86. The van der Waals surface area contributed by atoms with Gasteiger partial charge in [-0.1, -0.05) is 34.1 Å². The third-order valence-corrected chi connectivity index (χ3v) is 2.32. The summed E-state index contributed by atoms with van der Waals surface area (Å²) in [5.41, 5.74) is 0.0362. The lowest BCUT2D eigenvalue weighted by molar-refractivity contribution is -0.145. The van der Waals surface area contributed by atoms with Crippen LogP contribution in [-0.4, -0.2) is 24.8 Å². The van der Waals surface area contributed by atoms with Gasteiger partial charge in [-0.15, -0.1) is 0 Å². The van der Waals surface area contributed by atoms with E-state index in [4.69, 9.17) is 9.47 Å². The number of carbonyl (C=O) groups excluding carboxylic acids is 1. The number of esters is 1. The molecule has 1 heterocycles. The molecule has 3 heteroatoms. The predicted molar refractivity (Wildman–Crippen MR) is 54.0 cm³/mol. The minimum absolute atomic E-state index is 0.0362. The van der Waals surface area contributed by atoms with Crippen molar-refractivity contribution in [3.05, 3.63) is 0 Å². The molecule has 82 valence electrons. The van der Waals surface area contributed by atoms with Crippen molar-refractivity contribution in [2.75, 3.05) is 6.61 Å². The Hall–Kier alpha value is -0.570. The van der Waals surface area contributed by atoms with Crippen molar-refractivity contribution in [3.8, 4) is 0 Å². The van der Waals surface area contributed by atoms with E-state index in [9.17, 15) is 4.79 Å². The molecule has 0 aromatic heterocycles. The Morgan fingerprint density at radius 3 is 2.50 bits per heavy atom. The smallest absolute Gasteiger partial charge is 0.338 e. The summed E-state index contributed by atoms with van der Waals surface area (Å²) < 4.78 is 10.4. The van der Waals surface area contributed by atoms with E-state index < -0.39 is 0 Å². The largest absolute Gasteiger partial charge is 0.464 e. The minimum Gasteiger partial charge on any atom is -0.464 e. The van der Waals surface area contributed by atoms with E-state index in [0.29, 0.717) is 6.61 Å². The van der Waals surface area contributed by atoms with Crippen molar-refractivity contribution < 1.29 is 14.3 Å². The molecular weight excluding hydrogens is 180 g/mol. The third kappa shape index (κ3) is 2.98. The Morgan fingerprint density at radius 2 is 2.07 bits per heavy atom. The zero-order valence-electron chi connectivity index (χ0n) is 9.50. The molecule has 0 radical (unpaired) electrons. The molecule has 1 saturated heterocycles. The quantitative estimate of drug-likeness (QED) is 0.396. The zero-order valence-corrected chi connectivity index (χ0v) is 9.50. The number of rotatable bonds is 4. The molecule has 0 unspecified atom stereocenters. The highest BCUT2D eigenvalue weighted by atomic mass is 16.6. The van der Waals surface area contributed by atoms with Gasteiger partial charge in [0.2, 0.25) is 0 Å². The third-order valence-electron chi connectivity index (χ3n) is 2.32. The molecule has 0 spiro atoms. The SMILES string of the molecule is CCCCOC(=O)[C@H]1O[C@@H]1C(C)(C)C. The van der Waals surface area contributed by atoms with E-state index in [1.807, 2.05) is 0 Å². The van der Waals surface area contributed by atoms with Crippen LogP contribution in [0.15, 0.2) is 0 Å². The van der Waals surface area contributed by atoms with Gasteiger partial charge in [0.1, 0.15) is 6.10 Å². The van der Waals surface area contributed by atoms with Crippen LogP contribution in [0, 0.1) is 5.41 Å². The topological polar surface area (TPSA) is 38.8 Å². The van der Waals surface area contributed by atoms with E-state index in [0.717, 1.165) is 12.8 Å². The summed E-state index contributed by atoms with van der Waals surface area (Å²) >= 11 is 0. The first-order chi connectivity index (χ1) is 6.46. The van der Waals surface area contributed by atoms with Gasteiger partial charge in [-0.25, -0.2) is 4.79 Å². The van der Waals surface area contributed by atoms with Crippen molar-refractivity contribution in [1.29, 1.82) is 0 Å². The second kappa shape index (κ2) is 4.30. The molecule has 1 rings (SSSR count). The van der Waals surface area contributed by atoms with Crippen molar-refractivity contribution in [2.24, 2.45) is 5.41 Å². The lowest BCUT2D eigenvalue weighted by Crippen LogP contribution is -2.22. The van der Waals surface area contributed by atoms with Gasteiger partial charge in [0.05, 0.1) is 6.61 Å². The first kappa shape index (κ1) is 11.5. The molecule has 3 nitrogen and oxygen atoms in total.